The third-order valence-electron chi connectivity index (χ3n) is 7.93. The van der Waals surface area contributed by atoms with E-state index in [0.29, 0.717) is 49.7 Å². The van der Waals surface area contributed by atoms with Crippen molar-refractivity contribution < 1.29 is 36.3 Å². The van der Waals surface area contributed by atoms with Crippen molar-refractivity contribution in [1.82, 2.24) is 14.7 Å². The average molecular weight is 610 g/mol. The van der Waals surface area contributed by atoms with Crippen LogP contribution < -0.4 is 15.0 Å². The number of nitrogens with one attached hydrogen (secondary N) is 1. The second-order valence-corrected chi connectivity index (χ2v) is 11.0. The van der Waals surface area contributed by atoms with Crippen molar-refractivity contribution in [3.63, 3.8) is 0 Å². The molecule has 0 aromatic heterocycles. The lowest BCUT2D eigenvalue weighted by atomic mass is 9.83. The minimum absolute atomic E-state index is 0.0741. The molecule has 2 aromatic carbocycles. The maximum Gasteiger partial charge on any atom is 0.401 e. The summed E-state index contributed by atoms with van der Waals surface area (Å²) in [6.45, 7) is 3.05. The molecule has 2 aromatic rings. The summed E-state index contributed by atoms with van der Waals surface area (Å²) in [5.41, 5.74) is 0.868. The largest absolute Gasteiger partial charge is 0.426 e. The van der Waals surface area contributed by atoms with Gasteiger partial charge in [-0.3, -0.25) is 19.4 Å². The smallest absolute Gasteiger partial charge is 0.401 e. The van der Waals surface area contributed by atoms with E-state index in [-0.39, 0.29) is 30.1 Å². The molecular formula is C30H36F5N5O3. The normalized spacial score (nSPS) is 19.8. The fourth-order valence-electron chi connectivity index (χ4n) is 5.77. The van der Waals surface area contributed by atoms with E-state index in [1.807, 2.05) is 4.90 Å². The number of rotatable bonds is 9. The lowest BCUT2D eigenvalue weighted by Crippen LogP contribution is -2.48. The molecule has 234 valence electrons. The first-order valence-corrected chi connectivity index (χ1v) is 13.9. The number of carbonyl (C=O) groups is 2. The molecule has 0 bridgehead atoms. The number of likely N-dealkylation sites (N-methyl/N-ethyl adjacent to an activating group) is 1. The van der Waals surface area contributed by atoms with Crippen molar-refractivity contribution in [2.45, 2.75) is 31.6 Å². The summed E-state index contributed by atoms with van der Waals surface area (Å²) in [6, 6.07) is 3.17. The van der Waals surface area contributed by atoms with Crippen LogP contribution in [0.25, 0.3) is 0 Å². The predicted octanol–water partition coefficient (Wildman–Crippen LogP) is 4.21. The lowest BCUT2D eigenvalue weighted by molar-refractivity contribution is -0.155. The molecule has 2 aliphatic heterocycles. The molecule has 2 heterocycles. The summed E-state index contributed by atoms with van der Waals surface area (Å²) in [6.07, 6.45) is -1.29. The number of amides is 1. The van der Waals surface area contributed by atoms with Crippen LogP contribution in [0.15, 0.2) is 36.4 Å². The molecule has 0 saturated carbocycles. The fourth-order valence-corrected chi connectivity index (χ4v) is 5.77. The minimum Gasteiger partial charge on any atom is -0.426 e. The zero-order valence-electron chi connectivity index (χ0n) is 24.5. The summed E-state index contributed by atoms with van der Waals surface area (Å²) in [5.74, 6) is -1.93. The molecule has 2 atom stereocenters. The number of nitrogens with zero attached hydrogens (tertiary/aromatic N) is 4. The van der Waals surface area contributed by atoms with Crippen LogP contribution in [0.4, 0.5) is 33.3 Å². The van der Waals surface area contributed by atoms with Gasteiger partial charge in [-0.05, 0) is 37.1 Å². The molecule has 1 saturated heterocycles. The Morgan fingerprint density at radius 1 is 1.12 bits per heavy atom. The highest BCUT2D eigenvalue weighted by molar-refractivity contribution is 5.87. The Hall–Kier alpha value is -3.71. The second-order valence-electron chi connectivity index (χ2n) is 11.0. The highest BCUT2D eigenvalue weighted by Gasteiger charge is 2.43. The highest BCUT2D eigenvalue weighted by atomic mass is 19.4. The van der Waals surface area contributed by atoms with E-state index in [0.717, 1.165) is 4.90 Å². The summed E-state index contributed by atoms with van der Waals surface area (Å²) in [4.78, 5) is 29.4. The first kappa shape index (κ1) is 32.2. The van der Waals surface area contributed by atoms with Crippen LogP contribution in [-0.2, 0) is 16.0 Å². The number of halogens is 5. The van der Waals surface area contributed by atoms with Crippen molar-refractivity contribution in [3.05, 3.63) is 64.7 Å². The van der Waals surface area contributed by atoms with Gasteiger partial charge in [-0.25, -0.2) is 8.78 Å². The summed E-state index contributed by atoms with van der Waals surface area (Å²) in [7, 11) is 4.92. The molecule has 8 nitrogen and oxygen atoms in total. The van der Waals surface area contributed by atoms with Gasteiger partial charge in [0.2, 0.25) is 5.91 Å². The predicted molar refractivity (Wildman–Crippen MR) is 153 cm³/mol. The zero-order chi connectivity index (χ0) is 31.5. The molecule has 13 heteroatoms. The Kier molecular flexibility index (Phi) is 9.96. The van der Waals surface area contributed by atoms with E-state index < -0.39 is 42.0 Å². The zero-order valence-corrected chi connectivity index (χ0v) is 24.5. The molecule has 0 aliphatic carbocycles. The Bertz CT molecular complexity index is 1340. The summed E-state index contributed by atoms with van der Waals surface area (Å²) < 4.78 is 78.3. The van der Waals surface area contributed by atoms with Crippen LogP contribution in [0.1, 0.15) is 29.7 Å². The van der Waals surface area contributed by atoms with E-state index in [9.17, 15) is 22.8 Å². The van der Waals surface area contributed by atoms with Gasteiger partial charge in [-0.1, -0.05) is 12.1 Å². The lowest BCUT2D eigenvalue weighted by Gasteiger charge is -2.43. The number of hydrogen-bond acceptors (Lipinski definition) is 7. The molecule has 1 N–H and O–H groups in total. The van der Waals surface area contributed by atoms with Gasteiger partial charge in [-0.15, -0.1) is 0 Å². The van der Waals surface area contributed by atoms with Crippen molar-refractivity contribution in [2.24, 2.45) is 0 Å². The molecule has 0 spiro atoms. The van der Waals surface area contributed by atoms with Crippen LogP contribution in [0, 0.1) is 11.6 Å². The van der Waals surface area contributed by atoms with E-state index in [4.69, 9.17) is 4.74 Å². The Labute approximate surface area is 247 Å². The van der Waals surface area contributed by atoms with Gasteiger partial charge < -0.3 is 19.9 Å². The Morgan fingerprint density at radius 2 is 1.77 bits per heavy atom. The maximum atomic E-state index is 15.9. The number of carbonyl (C=O) groups excluding carboxylic acids is 2. The number of benzene rings is 2. The third-order valence-corrected chi connectivity index (χ3v) is 7.93. The summed E-state index contributed by atoms with van der Waals surface area (Å²) >= 11 is 0. The molecular weight excluding hydrogens is 573 g/mol. The van der Waals surface area contributed by atoms with E-state index in [1.54, 1.807) is 34.1 Å². The number of hydrogen-bond donors (Lipinski definition) is 1. The topological polar surface area (TPSA) is 68.4 Å². The number of ether oxygens (including phenoxy) is 1. The molecule has 1 fully saturated rings. The first-order chi connectivity index (χ1) is 20.3. The average Bonchev–Trinajstić information content (AvgIpc) is 2.94. The van der Waals surface area contributed by atoms with Gasteiger partial charge in [-0.2, -0.15) is 13.2 Å². The van der Waals surface area contributed by atoms with Crippen molar-refractivity contribution in [2.75, 3.05) is 70.6 Å². The van der Waals surface area contributed by atoms with Crippen LogP contribution in [0.3, 0.4) is 0 Å². The van der Waals surface area contributed by atoms with Crippen LogP contribution in [-0.4, -0.2) is 99.7 Å². The first-order valence-electron chi connectivity index (χ1n) is 13.9. The second kappa shape index (κ2) is 13.3. The standard InChI is InChI=1S/C30H36F5N5O3/c1-19-14-22-21(7-8-25(36-2)29(22)43-18-41)28(40(19)17-30(33,34)35)27-23(31)15-20(16-24(27)32)39-12-10-38(11-13-39)9-5-6-26(42)37(3)4/h5-8,15-16,18-19,28,36H,9-14,17H2,1-4H3/b6-5+/t19-,28?/m1/s1. The van der Waals surface area contributed by atoms with E-state index >= 15 is 8.78 Å². The van der Waals surface area contributed by atoms with Crippen LogP contribution in [0.2, 0.25) is 0 Å². The van der Waals surface area contributed by atoms with Crippen molar-refractivity contribution in [1.29, 1.82) is 0 Å². The minimum atomic E-state index is -4.63. The molecule has 43 heavy (non-hydrogen) atoms. The SMILES string of the molecule is CNc1ccc2c(c1OC=O)C[C@@H](C)N(CC(F)(F)F)C2c1c(F)cc(N2CCN(C/C=C/C(=O)N(C)C)CC2)cc1F. The Balaban J connectivity index is 1.65. The summed E-state index contributed by atoms with van der Waals surface area (Å²) in [5, 5.41) is 2.88. The number of anilines is 2. The van der Waals surface area contributed by atoms with E-state index in [1.165, 1.54) is 35.2 Å². The van der Waals surface area contributed by atoms with Gasteiger partial charge in [0.1, 0.15) is 11.6 Å². The third kappa shape index (κ3) is 7.27. The fraction of sp³-hybridized carbons (Fsp3) is 0.467. The van der Waals surface area contributed by atoms with Gasteiger partial charge in [0.05, 0.1) is 18.3 Å². The monoisotopic (exact) mass is 609 g/mol. The number of alkyl halides is 3. The van der Waals surface area contributed by atoms with Gasteiger partial charge >= 0.3 is 6.18 Å². The van der Waals surface area contributed by atoms with Crippen LogP contribution in [0.5, 0.6) is 5.75 Å². The molecule has 4 rings (SSSR count). The van der Waals surface area contributed by atoms with Crippen molar-refractivity contribution >= 4 is 23.8 Å². The van der Waals surface area contributed by atoms with E-state index in [2.05, 4.69) is 10.2 Å². The van der Waals surface area contributed by atoms with Crippen LogP contribution >= 0.6 is 0 Å². The maximum absolute atomic E-state index is 15.9. The molecule has 2 aliphatic rings. The van der Waals surface area contributed by atoms with Gasteiger partial charge in [0.15, 0.2) is 5.75 Å². The molecule has 0 radical (unpaired) electrons. The van der Waals surface area contributed by atoms with Gasteiger partial charge in [0.25, 0.3) is 6.47 Å². The number of piperazine rings is 1. The number of fused-ring (bicyclic) bond motifs is 1. The molecule has 1 amide bonds. The highest BCUT2D eigenvalue weighted by Crippen LogP contribution is 2.46. The quantitative estimate of drug-likeness (QED) is 0.260. The molecule has 1 unspecified atom stereocenters. The van der Waals surface area contributed by atoms with Crippen molar-refractivity contribution in [3.8, 4) is 5.75 Å². The Morgan fingerprint density at radius 3 is 2.33 bits per heavy atom. The van der Waals surface area contributed by atoms with Gasteiger partial charge in [0, 0.05) is 82.8 Å².